The van der Waals surface area contributed by atoms with Gasteiger partial charge in [-0.3, -0.25) is 4.90 Å². The highest BCUT2D eigenvalue weighted by Crippen LogP contribution is 2.39. The normalized spacial score (nSPS) is 23.4. The van der Waals surface area contributed by atoms with Gasteiger partial charge in [-0.25, -0.2) is 0 Å². The van der Waals surface area contributed by atoms with E-state index in [1.54, 1.807) is 0 Å². The molecule has 3 aromatic rings. The lowest BCUT2D eigenvalue weighted by Crippen LogP contribution is -2.46. The van der Waals surface area contributed by atoms with Gasteiger partial charge in [-0.2, -0.15) is 0 Å². The maximum atomic E-state index is 6.28. The Bertz CT molecular complexity index is 942. The van der Waals surface area contributed by atoms with E-state index in [1.165, 1.54) is 36.0 Å². The van der Waals surface area contributed by atoms with Gasteiger partial charge in [0.05, 0.1) is 12.7 Å². The van der Waals surface area contributed by atoms with Crippen LogP contribution in [0.15, 0.2) is 84.9 Å². The summed E-state index contributed by atoms with van der Waals surface area (Å²) in [4.78, 5) is 2.72. The van der Waals surface area contributed by atoms with E-state index in [2.05, 4.69) is 71.6 Å². The molecule has 3 nitrogen and oxygen atoms in total. The van der Waals surface area contributed by atoms with Crippen molar-refractivity contribution in [3.8, 4) is 5.75 Å². The Morgan fingerprint density at radius 3 is 2.26 bits per heavy atom. The number of morpholine rings is 1. The van der Waals surface area contributed by atoms with Crippen LogP contribution in [-0.4, -0.2) is 30.1 Å². The molecule has 2 saturated heterocycles. The average molecular weight is 414 g/mol. The van der Waals surface area contributed by atoms with Gasteiger partial charge in [0.1, 0.15) is 12.4 Å². The Labute approximate surface area is 185 Å². The van der Waals surface area contributed by atoms with Crippen LogP contribution in [0.2, 0.25) is 0 Å². The molecule has 0 spiro atoms. The number of nitrogens with zero attached hydrogens (tertiary/aromatic N) is 1. The largest absolute Gasteiger partial charge is 0.489 e. The third-order valence-corrected chi connectivity index (χ3v) is 6.75. The first-order valence-corrected chi connectivity index (χ1v) is 11.5. The maximum absolute atomic E-state index is 6.28. The van der Waals surface area contributed by atoms with Gasteiger partial charge < -0.3 is 9.47 Å². The van der Waals surface area contributed by atoms with Crippen molar-refractivity contribution in [3.05, 3.63) is 102 Å². The van der Waals surface area contributed by atoms with Gasteiger partial charge in [-0.1, -0.05) is 72.8 Å². The summed E-state index contributed by atoms with van der Waals surface area (Å²) in [5.41, 5.74) is 3.90. The second-order valence-corrected chi connectivity index (χ2v) is 8.70. The van der Waals surface area contributed by atoms with Gasteiger partial charge in [0.2, 0.25) is 0 Å². The van der Waals surface area contributed by atoms with Crippen LogP contribution in [-0.2, 0) is 17.8 Å². The molecule has 0 aromatic heterocycles. The number of hydrogen-bond donors (Lipinski definition) is 0. The van der Waals surface area contributed by atoms with Gasteiger partial charge in [0.25, 0.3) is 0 Å². The third kappa shape index (κ3) is 4.84. The molecule has 0 N–H and O–H groups in total. The first-order valence-electron chi connectivity index (χ1n) is 11.5. The van der Waals surface area contributed by atoms with Crippen molar-refractivity contribution in [2.24, 2.45) is 0 Å². The Hall–Kier alpha value is -2.62. The van der Waals surface area contributed by atoms with E-state index >= 15 is 0 Å². The first kappa shape index (κ1) is 20.3. The van der Waals surface area contributed by atoms with Gasteiger partial charge in [-0.15, -0.1) is 0 Å². The fourth-order valence-corrected chi connectivity index (χ4v) is 5.14. The van der Waals surface area contributed by atoms with E-state index in [-0.39, 0.29) is 6.10 Å². The van der Waals surface area contributed by atoms with Crippen molar-refractivity contribution in [2.45, 2.75) is 50.5 Å². The summed E-state index contributed by atoms with van der Waals surface area (Å²) in [6, 6.07) is 30.9. The van der Waals surface area contributed by atoms with Crippen LogP contribution in [0.3, 0.4) is 0 Å². The minimum Gasteiger partial charge on any atom is -0.489 e. The van der Waals surface area contributed by atoms with Crippen molar-refractivity contribution in [1.82, 2.24) is 4.90 Å². The predicted molar refractivity (Wildman–Crippen MR) is 124 cm³/mol. The molecule has 3 atom stereocenters. The zero-order valence-electron chi connectivity index (χ0n) is 18.0. The summed E-state index contributed by atoms with van der Waals surface area (Å²) < 4.78 is 12.2. The molecule has 0 bridgehead atoms. The number of hydrogen-bond acceptors (Lipinski definition) is 3. The van der Waals surface area contributed by atoms with Crippen LogP contribution in [0.25, 0.3) is 0 Å². The number of benzene rings is 3. The van der Waals surface area contributed by atoms with Crippen LogP contribution in [0.1, 0.15) is 42.1 Å². The van der Waals surface area contributed by atoms with Crippen molar-refractivity contribution >= 4 is 0 Å². The fourth-order valence-electron chi connectivity index (χ4n) is 5.14. The summed E-state index contributed by atoms with van der Waals surface area (Å²) in [6.07, 6.45) is 5.05. The minimum atomic E-state index is 0.165. The van der Waals surface area contributed by atoms with E-state index < -0.39 is 0 Å². The van der Waals surface area contributed by atoms with Gasteiger partial charge in [0.15, 0.2) is 0 Å². The smallest absolute Gasteiger partial charge is 0.119 e. The monoisotopic (exact) mass is 413 g/mol. The van der Waals surface area contributed by atoms with Crippen LogP contribution in [0, 0.1) is 0 Å². The Kier molecular flexibility index (Phi) is 6.33. The van der Waals surface area contributed by atoms with Crippen molar-refractivity contribution in [2.75, 3.05) is 13.2 Å². The molecule has 3 aromatic carbocycles. The standard InChI is InChI=1S/C28H31NO2/c1-3-7-22(8-4-1)11-14-25-15-18-27-28(30-20-19-29(25)27)24-12-16-26(17-13-24)31-21-23-9-5-2-6-10-23/h1-10,12-13,16-17,25,27-28H,11,14-15,18-21H2. The lowest BCUT2D eigenvalue weighted by molar-refractivity contribution is -0.0686. The summed E-state index contributed by atoms with van der Waals surface area (Å²) in [7, 11) is 0. The molecule has 2 heterocycles. The van der Waals surface area contributed by atoms with Gasteiger partial charge >= 0.3 is 0 Å². The van der Waals surface area contributed by atoms with Crippen molar-refractivity contribution in [3.63, 3.8) is 0 Å². The lowest BCUT2D eigenvalue weighted by Gasteiger charge is -2.39. The molecule has 3 unspecified atom stereocenters. The highest BCUT2D eigenvalue weighted by atomic mass is 16.5. The van der Waals surface area contributed by atoms with E-state index in [9.17, 15) is 0 Å². The van der Waals surface area contributed by atoms with E-state index in [0.29, 0.717) is 18.7 Å². The van der Waals surface area contributed by atoms with Crippen molar-refractivity contribution < 1.29 is 9.47 Å². The number of aryl methyl sites for hydroxylation is 1. The summed E-state index contributed by atoms with van der Waals surface area (Å²) in [5.74, 6) is 0.910. The number of rotatable bonds is 7. The highest BCUT2D eigenvalue weighted by Gasteiger charge is 2.41. The van der Waals surface area contributed by atoms with Crippen LogP contribution >= 0.6 is 0 Å². The van der Waals surface area contributed by atoms with E-state index in [0.717, 1.165) is 25.3 Å². The molecule has 160 valence electrons. The highest BCUT2D eigenvalue weighted by molar-refractivity contribution is 5.30. The maximum Gasteiger partial charge on any atom is 0.119 e. The molecule has 2 aliphatic heterocycles. The molecule has 0 radical (unpaired) electrons. The van der Waals surface area contributed by atoms with Crippen molar-refractivity contribution in [1.29, 1.82) is 0 Å². The molecule has 0 amide bonds. The van der Waals surface area contributed by atoms with Gasteiger partial charge in [0, 0.05) is 18.6 Å². The number of fused-ring (bicyclic) bond motifs is 1. The molecule has 3 heteroatoms. The summed E-state index contributed by atoms with van der Waals surface area (Å²) in [5, 5.41) is 0. The minimum absolute atomic E-state index is 0.165. The second kappa shape index (κ2) is 9.67. The topological polar surface area (TPSA) is 21.7 Å². The molecule has 5 rings (SSSR count). The summed E-state index contributed by atoms with van der Waals surface area (Å²) in [6.45, 7) is 2.47. The Balaban J connectivity index is 1.19. The third-order valence-electron chi connectivity index (χ3n) is 6.75. The van der Waals surface area contributed by atoms with Crippen LogP contribution in [0.4, 0.5) is 0 Å². The van der Waals surface area contributed by atoms with Crippen LogP contribution in [0.5, 0.6) is 5.75 Å². The molecule has 31 heavy (non-hydrogen) atoms. The molecular weight excluding hydrogens is 382 g/mol. The molecule has 2 fully saturated rings. The van der Waals surface area contributed by atoms with E-state index in [1.807, 2.05) is 18.2 Å². The fraction of sp³-hybridized carbons (Fsp3) is 0.357. The van der Waals surface area contributed by atoms with Crippen LogP contribution < -0.4 is 4.74 Å². The SMILES string of the molecule is c1ccc(CCC2CCC3C(c4ccc(OCc5ccccc5)cc4)OCCN23)cc1. The first-order chi connectivity index (χ1) is 15.4. The predicted octanol–water partition coefficient (Wildman–Crippen LogP) is 5.80. The Morgan fingerprint density at radius 1 is 0.806 bits per heavy atom. The quantitative estimate of drug-likeness (QED) is 0.488. The zero-order valence-corrected chi connectivity index (χ0v) is 18.0. The second-order valence-electron chi connectivity index (χ2n) is 8.70. The molecular formula is C28H31NO2. The summed E-state index contributed by atoms with van der Waals surface area (Å²) >= 11 is 0. The number of ether oxygens (including phenoxy) is 2. The molecule has 2 aliphatic rings. The average Bonchev–Trinajstić information content (AvgIpc) is 3.26. The molecule has 0 aliphatic carbocycles. The Morgan fingerprint density at radius 2 is 1.52 bits per heavy atom. The van der Waals surface area contributed by atoms with E-state index in [4.69, 9.17) is 9.47 Å². The zero-order chi connectivity index (χ0) is 20.9. The molecule has 0 saturated carbocycles. The van der Waals surface area contributed by atoms with Gasteiger partial charge in [-0.05, 0) is 54.5 Å². The lowest BCUT2D eigenvalue weighted by atomic mass is 9.99.